The van der Waals surface area contributed by atoms with E-state index in [1.807, 2.05) is 74.5 Å². The number of anilines is 1. The number of hydrogen-bond acceptors (Lipinski definition) is 6. The van der Waals surface area contributed by atoms with Crippen molar-refractivity contribution in [2.45, 2.75) is 51.4 Å². The number of aliphatic hydroxyl groups excluding tert-OH is 2. The number of para-hydroxylation sites is 1. The normalized spacial score (nSPS) is 18.0. The van der Waals surface area contributed by atoms with E-state index in [2.05, 4.69) is 10.2 Å². The smallest absolute Gasteiger partial charge is 0.550 e. The molecule has 3 aromatic rings. The van der Waals surface area contributed by atoms with Gasteiger partial charge in [0.05, 0.1) is 18.1 Å². The first kappa shape index (κ1) is 33.5. The van der Waals surface area contributed by atoms with E-state index < -0.39 is 30.5 Å². The van der Waals surface area contributed by atoms with Gasteiger partial charge in [-0.05, 0) is 71.9 Å². The van der Waals surface area contributed by atoms with Crippen LogP contribution in [0.4, 0.5) is 10.1 Å². The Morgan fingerprint density at radius 3 is 2.07 bits per heavy atom. The van der Waals surface area contributed by atoms with Gasteiger partial charge in [0.1, 0.15) is 5.82 Å². The third-order valence-electron chi connectivity index (χ3n) is 7.41. The molecule has 1 aliphatic rings. The van der Waals surface area contributed by atoms with Crippen LogP contribution in [-0.2, 0) is 9.59 Å². The maximum Gasteiger partial charge on any atom is 1.00 e. The summed E-state index contributed by atoms with van der Waals surface area (Å²) >= 11 is 0. The summed E-state index contributed by atoms with van der Waals surface area (Å²) in [5, 5.41) is 34.7. The van der Waals surface area contributed by atoms with Gasteiger partial charge < -0.3 is 30.3 Å². The first-order valence-corrected chi connectivity index (χ1v) is 13.9. The SMILES string of the molecule is CC(C)C1C(C(=O)Nc2ccccc2)C(c2ccccc2)=C(c2ccc(F)cc2)N1CC[C@H](O)C[C@@H](O)CC(=O)[O-].[Na+]. The van der Waals surface area contributed by atoms with Crippen LogP contribution in [-0.4, -0.2) is 51.8 Å². The molecule has 3 aromatic carbocycles. The second-order valence-corrected chi connectivity index (χ2v) is 10.8. The molecule has 0 radical (unpaired) electrons. The maximum absolute atomic E-state index is 14.1. The topological polar surface area (TPSA) is 113 Å². The molecule has 216 valence electrons. The van der Waals surface area contributed by atoms with E-state index in [4.69, 9.17) is 0 Å². The fourth-order valence-corrected chi connectivity index (χ4v) is 5.69. The molecule has 1 aliphatic heterocycles. The third kappa shape index (κ3) is 8.30. The molecule has 0 saturated carbocycles. The molecule has 42 heavy (non-hydrogen) atoms. The maximum atomic E-state index is 14.1. The van der Waals surface area contributed by atoms with Crippen molar-refractivity contribution in [3.05, 3.63) is 102 Å². The van der Waals surface area contributed by atoms with E-state index >= 15 is 0 Å². The molecule has 4 atom stereocenters. The molecular weight excluding hydrogens is 546 g/mol. The summed E-state index contributed by atoms with van der Waals surface area (Å²) < 4.78 is 14.0. The molecule has 4 rings (SSSR count). The quantitative estimate of drug-likeness (QED) is 0.274. The Hall–Kier alpha value is -3.01. The number of benzene rings is 3. The summed E-state index contributed by atoms with van der Waals surface area (Å²) in [5.41, 5.74) is 3.84. The van der Waals surface area contributed by atoms with E-state index in [0.29, 0.717) is 12.2 Å². The molecule has 9 heteroatoms. The Morgan fingerprint density at radius 2 is 1.50 bits per heavy atom. The number of amides is 1. The van der Waals surface area contributed by atoms with Crippen molar-refractivity contribution in [3.8, 4) is 0 Å². The van der Waals surface area contributed by atoms with Crippen LogP contribution in [0, 0.1) is 17.7 Å². The van der Waals surface area contributed by atoms with Gasteiger partial charge in [0.25, 0.3) is 0 Å². The Bertz CT molecular complexity index is 1350. The summed E-state index contributed by atoms with van der Waals surface area (Å²) in [5.74, 6) is -2.54. The first-order chi connectivity index (χ1) is 19.7. The molecule has 1 amide bonds. The van der Waals surface area contributed by atoms with E-state index in [-0.39, 0.29) is 66.1 Å². The average Bonchev–Trinajstić information content (AvgIpc) is 3.28. The molecule has 0 bridgehead atoms. The van der Waals surface area contributed by atoms with Crippen molar-refractivity contribution in [1.29, 1.82) is 0 Å². The number of carboxylic acid groups (broad SMARTS) is 1. The van der Waals surface area contributed by atoms with Gasteiger partial charge in [-0.2, -0.15) is 0 Å². The van der Waals surface area contributed by atoms with E-state index in [1.54, 1.807) is 12.1 Å². The standard InChI is InChI=1S/C33H37FN2O5.Na/c1-21(2)31-30(33(41)35-25-11-7-4-8-12-25)29(22-9-5-3-6-10-22)32(23-13-15-24(34)16-14-23)36(31)18-17-26(37)19-27(38)20-28(39)40;/h3-16,21,26-27,30-31,37-38H,17-20H2,1-2H3,(H,35,41)(H,39,40);/q;+1/p-1/t26-,27+,30?,31?;/m0./s1. The summed E-state index contributed by atoms with van der Waals surface area (Å²) in [6.07, 6.45) is -2.68. The number of nitrogens with one attached hydrogen (secondary N) is 1. The van der Waals surface area contributed by atoms with Crippen LogP contribution in [0.1, 0.15) is 44.2 Å². The summed E-state index contributed by atoms with van der Waals surface area (Å²) in [6.45, 7) is 4.40. The van der Waals surface area contributed by atoms with Gasteiger partial charge in [0, 0.05) is 36.4 Å². The van der Waals surface area contributed by atoms with Crippen molar-refractivity contribution in [3.63, 3.8) is 0 Å². The minimum absolute atomic E-state index is 0. The number of nitrogens with zero attached hydrogens (tertiary/aromatic N) is 1. The average molecular weight is 583 g/mol. The van der Waals surface area contributed by atoms with Crippen LogP contribution in [0.3, 0.4) is 0 Å². The number of carbonyl (C=O) groups is 2. The van der Waals surface area contributed by atoms with Crippen molar-refractivity contribution >= 4 is 28.8 Å². The number of aliphatic hydroxyl groups is 2. The van der Waals surface area contributed by atoms with Crippen molar-refractivity contribution in [1.82, 2.24) is 4.90 Å². The summed E-state index contributed by atoms with van der Waals surface area (Å²) in [7, 11) is 0. The van der Waals surface area contributed by atoms with Gasteiger partial charge in [-0.3, -0.25) is 4.79 Å². The van der Waals surface area contributed by atoms with Gasteiger partial charge in [-0.25, -0.2) is 4.39 Å². The zero-order chi connectivity index (χ0) is 29.5. The van der Waals surface area contributed by atoms with Crippen LogP contribution in [0.2, 0.25) is 0 Å². The second kappa shape index (κ2) is 15.5. The van der Waals surface area contributed by atoms with Crippen LogP contribution in [0.25, 0.3) is 11.3 Å². The first-order valence-electron chi connectivity index (χ1n) is 13.9. The van der Waals surface area contributed by atoms with Gasteiger partial charge in [-0.1, -0.05) is 62.4 Å². The molecule has 1 heterocycles. The predicted octanol–water partition coefficient (Wildman–Crippen LogP) is 0.935. The monoisotopic (exact) mass is 582 g/mol. The molecule has 0 aliphatic carbocycles. The molecule has 0 saturated heterocycles. The van der Waals surface area contributed by atoms with Gasteiger partial charge in [-0.15, -0.1) is 0 Å². The van der Waals surface area contributed by atoms with E-state index in [9.17, 15) is 29.3 Å². The Kier molecular flexibility index (Phi) is 12.3. The van der Waals surface area contributed by atoms with Crippen molar-refractivity contribution < 1.29 is 58.9 Å². The Labute approximate surface area is 268 Å². The zero-order valence-corrected chi connectivity index (χ0v) is 26.2. The molecular formula is C33H36FN2NaO5. The van der Waals surface area contributed by atoms with Gasteiger partial charge in [0.15, 0.2) is 0 Å². The summed E-state index contributed by atoms with van der Waals surface area (Å²) in [4.78, 5) is 27.1. The molecule has 3 N–H and O–H groups in total. The van der Waals surface area contributed by atoms with E-state index in [0.717, 1.165) is 22.4 Å². The second-order valence-electron chi connectivity index (χ2n) is 10.8. The molecule has 0 fully saturated rings. The molecule has 2 unspecified atom stereocenters. The molecule has 7 nitrogen and oxygen atoms in total. The number of rotatable bonds is 12. The van der Waals surface area contributed by atoms with Crippen LogP contribution in [0.15, 0.2) is 84.9 Å². The largest absolute Gasteiger partial charge is 1.00 e. The van der Waals surface area contributed by atoms with E-state index in [1.165, 1.54) is 12.1 Å². The summed E-state index contributed by atoms with van der Waals surface area (Å²) in [6, 6.07) is 24.7. The van der Waals surface area contributed by atoms with Crippen LogP contribution >= 0.6 is 0 Å². The molecule has 0 spiro atoms. The van der Waals surface area contributed by atoms with Crippen LogP contribution in [0.5, 0.6) is 0 Å². The Morgan fingerprint density at radius 1 is 0.905 bits per heavy atom. The minimum atomic E-state index is -1.38. The number of carbonyl (C=O) groups excluding carboxylic acids is 2. The van der Waals surface area contributed by atoms with Gasteiger partial charge >= 0.3 is 29.6 Å². The predicted molar refractivity (Wildman–Crippen MR) is 154 cm³/mol. The third-order valence-corrected chi connectivity index (χ3v) is 7.41. The number of carboxylic acids is 1. The number of hydrogen-bond donors (Lipinski definition) is 3. The Balaban J connectivity index is 0.00000484. The van der Waals surface area contributed by atoms with Gasteiger partial charge in [0.2, 0.25) is 5.91 Å². The fraction of sp³-hybridized carbons (Fsp3) is 0.333. The van der Waals surface area contributed by atoms with Crippen LogP contribution < -0.4 is 40.0 Å². The number of halogens is 1. The zero-order valence-electron chi connectivity index (χ0n) is 24.2. The van der Waals surface area contributed by atoms with Crippen molar-refractivity contribution in [2.75, 3.05) is 11.9 Å². The van der Waals surface area contributed by atoms with Crippen molar-refractivity contribution in [2.24, 2.45) is 11.8 Å². The minimum Gasteiger partial charge on any atom is -0.550 e. The number of aliphatic carboxylic acids is 1. The fourth-order valence-electron chi connectivity index (χ4n) is 5.69. The molecule has 0 aromatic heterocycles.